The largest absolute Gasteiger partial charge is 0.481 e. The van der Waals surface area contributed by atoms with E-state index in [4.69, 9.17) is 9.47 Å². The van der Waals surface area contributed by atoms with Crippen molar-refractivity contribution in [2.75, 3.05) is 20.2 Å². The van der Waals surface area contributed by atoms with Crippen LogP contribution in [0.5, 0.6) is 5.75 Å². The number of hydrogen-bond donors (Lipinski definition) is 0. The van der Waals surface area contributed by atoms with Crippen molar-refractivity contribution in [1.82, 2.24) is 4.90 Å². The molecule has 0 aromatic heterocycles. The minimum Gasteiger partial charge on any atom is -0.481 e. The second-order valence-corrected chi connectivity index (χ2v) is 5.45. The van der Waals surface area contributed by atoms with Gasteiger partial charge in [0.05, 0.1) is 13.0 Å². The van der Waals surface area contributed by atoms with Gasteiger partial charge in [-0.2, -0.15) is 0 Å². The lowest BCUT2D eigenvalue weighted by atomic mass is 9.96. The highest BCUT2D eigenvalue weighted by Gasteiger charge is 2.31. The molecule has 1 aliphatic rings. The summed E-state index contributed by atoms with van der Waals surface area (Å²) in [6, 6.07) is 9.37. The summed E-state index contributed by atoms with van der Waals surface area (Å²) in [5.74, 6) is 0.422. The molecule has 1 saturated heterocycles. The Morgan fingerprint density at radius 1 is 1.23 bits per heavy atom. The first-order valence-corrected chi connectivity index (χ1v) is 7.74. The van der Waals surface area contributed by atoms with E-state index >= 15 is 0 Å². The van der Waals surface area contributed by atoms with E-state index in [1.165, 1.54) is 7.11 Å². The number of carbonyl (C=O) groups is 2. The molecule has 120 valence electrons. The number of carbonyl (C=O) groups excluding carboxylic acids is 2. The molecule has 1 aliphatic heterocycles. The molecule has 0 N–H and O–H groups in total. The van der Waals surface area contributed by atoms with Crippen LogP contribution >= 0.6 is 0 Å². The number of methoxy groups -OCH3 is 1. The number of benzene rings is 1. The fourth-order valence-electron chi connectivity index (χ4n) is 2.68. The minimum absolute atomic E-state index is 0.00494. The maximum Gasteiger partial charge on any atom is 0.308 e. The van der Waals surface area contributed by atoms with Gasteiger partial charge in [0.1, 0.15) is 5.75 Å². The Labute approximate surface area is 131 Å². The van der Waals surface area contributed by atoms with Crippen LogP contribution in [0.2, 0.25) is 0 Å². The van der Waals surface area contributed by atoms with E-state index < -0.39 is 6.10 Å². The Morgan fingerprint density at radius 3 is 2.41 bits per heavy atom. The zero-order chi connectivity index (χ0) is 15.9. The molecule has 1 unspecified atom stereocenters. The fraction of sp³-hybridized carbons (Fsp3) is 0.529. The summed E-state index contributed by atoms with van der Waals surface area (Å²) in [7, 11) is 1.40. The van der Waals surface area contributed by atoms with Crippen molar-refractivity contribution in [3.63, 3.8) is 0 Å². The van der Waals surface area contributed by atoms with Gasteiger partial charge >= 0.3 is 5.97 Å². The van der Waals surface area contributed by atoms with E-state index in [9.17, 15) is 9.59 Å². The average molecular weight is 305 g/mol. The van der Waals surface area contributed by atoms with E-state index in [0.717, 1.165) is 0 Å². The predicted molar refractivity (Wildman–Crippen MR) is 82.5 cm³/mol. The molecule has 0 radical (unpaired) electrons. The number of ether oxygens (including phenoxy) is 2. The van der Waals surface area contributed by atoms with Gasteiger partial charge in [0.2, 0.25) is 0 Å². The normalized spacial score (nSPS) is 16.9. The smallest absolute Gasteiger partial charge is 0.308 e. The van der Waals surface area contributed by atoms with Crippen molar-refractivity contribution in [3.8, 4) is 5.75 Å². The summed E-state index contributed by atoms with van der Waals surface area (Å²) in [5, 5.41) is 0. The molecule has 0 spiro atoms. The Bertz CT molecular complexity index is 495. The van der Waals surface area contributed by atoms with E-state index in [1.54, 1.807) is 4.90 Å². The monoisotopic (exact) mass is 305 g/mol. The predicted octanol–water partition coefficient (Wildman–Crippen LogP) is 2.26. The molecular formula is C17H23NO4. The summed E-state index contributed by atoms with van der Waals surface area (Å²) < 4.78 is 10.6. The van der Waals surface area contributed by atoms with Crippen LogP contribution < -0.4 is 4.74 Å². The third-order valence-corrected chi connectivity index (χ3v) is 4.01. The number of amides is 1. The maximum absolute atomic E-state index is 12.6. The highest BCUT2D eigenvalue weighted by Crippen LogP contribution is 2.21. The first-order valence-electron chi connectivity index (χ1n) is 7.74. The number of likely N-dealkylation sites (tertiary alicyclic amines) is 1. The molecule has 0 saturated carbocycles. The van der Waals surface area contributed by atoms with Crippen molar-refractivity contribution < 1.29 is 19.1 Å². The van der Waals surface area contributed by atoms with Crippen LogP contribution in [0.4, 0.5) is 0 Å². The standard InChI is InChI=1S/C17H23NO4/c1-3-15(22-14-7-5-4-6-8-14)16(19)18-11-9-13(10-12-18)17(20)21-2/h4-8,13,15H,3,9-12H2,1-2H3. The summed E-state index contributed by atoms with van der Waals surface area (Å²) in [4.78, 5) is 25.9. The lowest BCUT2D eigenvalue weighted by molar-refractivity contribution is -0.150. The molecule has 0 aliphatic carbocycles. The number of rotatable bonds is 5. The highest BCUT2D eigenvalue weighted by atomic mass is 16.5. The summed E-state index contributed by atoms with van der Waals surface area (Å²) in [6.45, 7) is 3.09. The molecule has 1 amide bonds. The fourth-order valence-corrected chi connectivity index (χ4v) is 2.68. The van der Waals surface area contributed by atoms with E-state index in [-0.39, 0.29) is 17.8 Å². The maximum atomic E-state index is 12.6. The van der Waals surface area contributed by atoms with Crippen LogP contribution in [0.3, 0.4) is 0 Å². The number of piperidine rings is 1. The molecule has 1 aromatic rings. The van der Waals surface area contributed by atoms with Gasteiger partial charge in [-0.05, 0) is 31.4 Å². The zero-order valence-corrected chi connectivity index (χ0v) is 13.2. The molecule has 1 heterocycles. The lowest BCUT2D eigenvalue weighted by Crippen LogP contribution is -2.46. The van der Waals surface area contributed by atoms with Gasteiger partial charge in [-0.1, -0.05) is 25.1 Å². The first-order chi connectivity index (χ1) is 10.7. The third-order valence-electron chi connectivity index (χ3n) is 4.01. The number of nitrogens with zero attached hydrogens (tertiary/aromatic N) is 1. The second kappa shape index (κ2) is 7.82. The highest BCUT2D eigenvalue weighted by molar-refractivity contribution is 5.81. The van der Waals surface area contributed by atoms with Crippen LogP contribution in [0, 0.1) is 5.92 Å². The van der Waals surface area contributed by atoms with Crippen LogP contribution in [-0.2, 0) is 14.3 Å². The number of esters is 1. The van der Waals surface area contributed by atoms with Crippen LogP contribution in [0.1, 0.15) is 26.2 Å². The Balaban J connectivity index is 1.91. The number of hydrogen-bond acceptors (Lipinski definition) is 4. The van der Waals surface area contributed by atoms with E-state index in [0.29, 0.717) is 38.1 Å². The van der Waals surface area contributed by atoms with Gasteiger partial charge in [-0.15, -0.1) is 0 Å². The Hall–Kier alpha value is -2.04. The molecule has 1 atom stereocenters. The van der Waals surface area contributed by atoms with Crippen molar-refractivity contribution in [2.24, 2.45) is 5.92 Å². The van der Waals surface area contributed by atoms with Crippen molar-refractivity contribution in [3.05, 3.63) is 30.3 Å². The summed E-state index contributed by atoms with van der Waals surface area (Å²) >= 11 is 0. The quantitative estimate of drug-likeness (QED) is 0.783. The van der Waals surface area contributed by atoms with Gasteiger partial charge in [0.15, 0.2) is 6.10 Å². The molecule has 2 rings (SSSR count). The van der Waals surface area contributed by atoms with Crippen molar-refractivity contribution >= 4 is 11.9 Å². The van der Waals surface area contributed by atoms with Gasteiger partial charge in [-0.3, -0.25) is 9.59 Å². The van der Waals surface area contributed by atoms with Crippen LogP contribution in [0.15, 0.2) is 30.3 Å². The zero-order valence-electron chi connectivity index (χ0n) is 13.2. The van der Waals surface area contributed by atoms with Crippen LogP contribution in [-0.4, -0.2) is 43.1 Å². The Morgan fingerprint density at radius 2 is 1.86 bits per heavy atom. The first kappa shape index (κ1) is 16.3. The van der Waals surface area contributed by atoms with Gasteiger partial charge in [0.25, 0.3) is 5.91 Å². The van der Waals surface area contributed by atoms with Crippen LogP contribution in [0.25, 0.3) is 0 Å². The van der Waals surface area contributed by atoms with Gasteiger partial charge in [-0.25, -0.2) is 0 Å². The lowest BCUT2D eigenvalue weighted by Gasteiger charge is -2.33. The summed E-state index contributed by atoms with van der Waals surface area (Å²) in [5.41, 5.74) is 0. The summed E-state index contributed by atoms with van der Waals surface area (Å²) in [6.07, 6.45) is 1.45. The van der Waals surface area contributed by atoms with Crippen molar-refractivity contribution in [1.29, 1.82) is 0 Å². The third kappa shape index (κ3) is 4.00. The van der Waals surface area contributed by atoms with Gasteiger partial charge < -0.3 is 14.4 Å². The molecule has 22 heavy (non-hydrogen) atoms. The minimum atomic E-state index is -0.475. The molecule has 1 fully saturated rings. The number of para-hydroxylation sites is 1. The van der Waals surface area contributed by atoms with E-state index in [1.807, 2.05) is 37.3 Å². The Kier molecular flexibility index (Phi) is 5.81. The topological polar surface area (TPSA) is 55.8 Å². The molecule has 5 heteroatoms. The van der Waals surface area contributed by atoms with Crippen molar-refractivity contribution in [2.45, 2.75) is 32.3 Å². The molecule has 1 aromatic carbocycles. The van der Waals surface area contributed by atoms with Gasteiger partial charge in [0, 0.05) is 13.1 Å². The molecule has 0 bridgehead atoms. The average Bonchev–Trinajstić information content (AvgIpc) is 2.59. The molecule has 5 nitrogen and oxygen atoms in total. The molecular weight excluding hydrogens is 282 g/mol. The van der Waals surface area contributed by atoms with E-state index in [2.05, 4.69) is 0 Å². The second-order valence-electron chi connectivity index (χ2n) is 5.45. The SMILES string of the molecule is CCC(Oc1ccccc1)C(=O)N1CCC(C(=O)OC)CC1.